The second-order valence-electron chi connectivity index (χ2n) is 6.08. The first kappa shape index (κ1) is 18.2. The van der Waals surface area contributed by atoms with Gasteiger partial charge in [0, 0.05) is 5.38 Å². The summed E-state index contributed by atoms with van der Waals surface area (Å²) in [5.41, 5.74) is 0.0718. The van der Waals surface area contributed by atoms with Gasteiger partial charge in [0.15, 0.2) is 10.9 Å². The van der Waals surface area contributed by atoms with Gasteiger partial charge < -0.3 is 13.9 Å². The molecule has 0 radical (unpaired) electrons. The highest BCUT2D eigenvalue weighted by molar-refractivity contribution is 7.14. The number of aromatic nitrogens is 1. The number of rotatable bonds is 6. The van der Waals surface area contributed by atoms with E-state index >= 15 is 0 Å². The van der Waals surface area contributed by atoms with Crippen LogP contribution in [0.4, 0.5) is 5.13 Å². The number of anilines is 1. The SMILES string of the molecule is Cc1ccc(-c2csc(NC(=O)COCC(=O)OC(C)(C)C)n2)o1. The normalized spacial score (nSPS) is 11.3. The van der Waals surface area contributed by atoms with Crippen LogP contribution in [0.25, 0.3) is 11.5 Å². The quantitative estimate of drug-likeness (QED) is 0.804. The lowest BCUT2D eigenvalue weighted by Crippen LogP contribution is -2.28. The van der Waals surface area contributed by atoms with Crippen molar-refractivity contribution in [2.24, 2.45) is 0 Å². The van der Waals surface area contributed by atoms with Gasteiger partial charge in [0.05, 0.1) is 0 Å². The fourth-order valence-corrected chi connectivity index (χ4v) is 2.49. The van der Waals surface area contributed by atoms with Crippen LogP contribution in [0.5, 0.6) is 0 Å². The number of furan rings is 1. The highest BCUT2D eigenvalue weighted by Gasteiger charge is 2.17. The van der Waals surface area contributed by atoms with Gasteiger partial charge in [0.2, 0.25) is 0 Å². The molecule has 0 aliphatic carbocycles. The molecule has 2 rings (SSSR count). The van der Waals surface area contributed by atoms with Gasteiger partial charge in [-0.1, -0.05) is 0 Å². The second kappa shape index (κ2) is 7.59. The molecule has 0 aliphatic rings. The summed E-state index contributed by atoms with van der Waals surface area (Å²) in [7, 11) is 0. The van der Waals surface area contributed by atoms with E-state index in [2.05, 4.69) is 10.3 Å². The van der Waals surface area contributed by atoms with Gasteiger partial charge in [-0.3, -0.25) is 10.1 Å². The summed E-state index contributed by atoms with van der Waals surface area (Å²) in [6.45, 7) is 6.60. The fraction of sp³-hybridized carbons (Fsp3) is 0.438. The lowest BCUT2D eigenvalue weighted by molar-refractivity contribution is -0.160. The van der Waals surface area contributed by atoms with Crippen LogP contribution in [0.1, 0.15) is 26.5 Å². The summed E-state index contributed by atoms with van der Waals surface area (Å²) in [4.78, 5) is 27.5. The maximum atomic E-state index is 11.8. The lowest BCUT2D eigenvalue weighted by Gasteiger charge is -2.19. The summed E-state index contributed by atoms with van der Waals surface area (Å²) in [5.74, 6) is 0.527. The van der Waals surface area contributed by atoms with Crippen LogP contribution in [0.15, 0.2) is 21.9 Å². The molecule has 0 spiro atoms. The molecule has 0 atom stereocenters. The van der Waals surface area contributed by atoms with Crippen molar-refractivity contribution in [3.8, 4) is 11.5 Å². The first-order valence-electron chi connectivity index (χ1n) is 7.35. The molecule has 2 aromatic rings. The predicted molar refractivity (Wildman–Crippen MR) is 89.8 cm³/mol. The van der Waals surface area contributed by atoms with E-state index in [1.54, 1.807) is 26.2 Å². The van der Waals surface area contributed by atoms with E-state index in [-0.39, 0.29) is 13.2 Å². The average Bonchev–Trinajstić information content (AvgIpc) is 3.05. The Balaban J connectivity index is 1.77. The van der Waals surface area contributed by atoms with Crippen LogP contribution in [0, 0.1) is 6.92 Å². The van der Waals surface area contributed by atoms with E-state index in [9.17, 15) is 9.59 Å². The van der Waals surface area contributed by atoms with Gasteiger partial charge in [-0.25, -0.2) is 9.78 Å². The Morgan fingerprint density at radius 3 is 2.67 bits per heavy atom. The molecular weight excluding hydrogens is 332 g/mol. The van der Waals surface area contributed by atoms with E-state index < -0.39 is 17.5 Å². The molecule has 0 fully saturated rings. The molecule has 0 aliphatic heterocycles. The Morgan fingerprint density at radius 1 is 1.29 bits per heavy atom. The monoisotopic (exact) mass is 352 g/mol. The zero-order valence-corrected chi connectivity index (χ0v) is 14.9. The zero-order valence-electron chi connectivity index (χ0n) is 14.0. The number of amides is 1. The molecule has 1 amide bonds. The van der Waals surface area contributed by atoms with Gasteiger partial charge >= 0.3 is 5.97 Å². The lowest BCUT2D eigenvalue weighted by atomic mass is 10.2. The first-order chi connectivity index (χ1) is 11.2. The van der Waals surface area contributed by atoms with Crippen LogP contribution >= 0.6 is 11.3 Å². The molecule has 8 heteroatoms. The minimum Gasteiger partial charge on any atom is -0.460 e. The van der Waals surface area contributed by atoms with Crippen molar-refractivity contribution in [3.05, 3.63) is 23.3 Å². The third-order valence-electron chi connectivity index (χ3n) is 2.62. The van der Waals surface area contributed by atoms with Crippen molar-refractivity contribution in [2.45, 2.75) is 33.3 Å². The van der Waals surface area contributed by atoms with Crippen LogP contribution in [0.3, 0.4) is 0 Å². The van der Waals surface area contributed by atoms with Crippen LogP contribution < -0.4 is 5.32 Å². The molecule has 2 heterocycles. The standard InChI is InChI=1S/C16H20N2O5S/c1-10-5-6-12(22-10)11-9-24-15(17-11)18-13(19)7-21-8-14(20)23-16(2,3)4/h5-6,9H,7-8H2,1-4H3,(H,17,18,19). The number of carbonyl (C=O) groups is 2. The molecule has 0 bridgehead atoms. The average molecular weight is 352 g/mol. The third kappa shape index (κ3) is 5.78. The highest BCUT2D eigenvalue weighted by Crippen LogP contribution is 2.26. The Labute approximate surface area is 144 Å². The van der Waals surface area contributed by atoms with Crippen LogP contribution in [-0.2, 0) is 19.1 Å². The first-order valence-corrected chi connectivity index (χ1v) is 8.23. The van der Waals surface area contributed by atoms with Gasteiger partial charge in [0.25, 0.3) is 5.91 Å². The van der Waals surface area contributed by atoms with Gasteiger partial charge in [-0.15, -0.1) is 11.3 Å². The molecular formula is C16H20N2O5S. The van der Waals surface area contributed by atoms with E-state index in [1.165, 1.54) is 11.3 Å². The van der Waals surface area contributed by atoms with E-state index in [4.69, 9.17) is 13.9 Å². The predicted octanol–water partition coefficient (Wildman–Crippen LogP) is 3.01. The number of ether oxygens (including phenoxy) is 2. The largest absolute Gasteiger partial charge is 0.460 e. The topological polar surface area (TPSA) is 90.7 Å². The Morgan fingerprint density at radius 2 is 2.04 bits per heavy atom. The number of hydrogen-bond acceptors (Lipinski definition) is 7. The zero-order chi connectivity index (χ0) is 17.7. The van der Waals surface area contributed by atoms with E-state index in [0.717, 1.165) is 5.76 Å². The van der Waals surface area contributed by atoms with Gasteiger partial charge in [-0.05, 0) is 39.8 Å². The number of hydrogen-bond donors (Lipinski definition) is 1. The van der Waals surface area contributed by atoms with Crippen molar-refractivity contribution in [3.63, 3.8) is 0 Å². The Kier molecular flexibility index (Phi) is 5.74. The van der Waals surface area contributed by atoms with Crippen molar-refractivity contribution in [1.82, 2.24) is 4.98 Å². The number of nitrogens with zero attached hydrogens (tertiary/aromatic N) is 1. The summed E-state index contributed by atoms with van der Waals surface area (Å²) in [6, 6.07) is 3.66. The maximum absolute atomic E-state index is 11.8. The summed E-state index contributed by atoms with van der Waals surface area (Å²) < 4.78 is 15.6. The Bertz CT molecular complexity index is 714. The van der Waals surface area contributed by atoms with Crippen molar-refractivity contribution < 1.29 is 23.5 Å². The van der Waals surface area contributed by atoms with Crippen molar-refractivity contribution in [2.75, 3.05) is 18.5 Å². The summed E-state index contributed by atoms with van der Waals surface area (Å²) in [5, 5.41) is 4.83. The minimum atomic E-state index is -0.579. The third-order valence-corrected chi connectivity index (χ3v) is 3.37. The summed E-state index contributed by atoms with van der Waals surface area (Å²) in [6.07, 6.45) is 0. The van der Waals surface area contributed by atoms with Gasteiger partial charge in [0.1, 0.15) is 30.3 Å². The van der Waals surface area contributed by atoms with E-state index in [1.807, 2.05) is 19.1 Å². The maximum Gasteiger partial charge on any atom is 0.332 e. The minimum absolute atomic E-state index is 0.256. The molecule has 1 N–H and O–H groups in total. The highest BCUT2D eigenvalue weighted by atomic mass is 32.1. The molecule has 0 saturated heterocycles. The Hall–Kier alpha value is -2.19. The molecule has 7 nitrogen and oxygen atoms in total. The van der Waals surface area contributed by atoms with Crippen LogP contribution in [0.2, 0.25) is 0 Å². The fourth-order valence-electron chi connectivity index (χ4n) is 1.77. The van der Waals surface area contributed by atoms with Crippen molar-refractivity contribution >= 4 is 28.3 Å². The summed E-state index contributed by atoms with van der Waals surface area (Å²) >= 11 is 1.28. The molecule has 130 valence electrons. The smallest absolute Gasteiger partial charge is 0.332 e. The number of thiazole rings is 1. The molecule has 2 aromatic heterocycles. The molecule has 24 heavy (non-hydrogen) atoms. The van der Waals surface area contributed by atoms with E-state index in [0.29, 0.717) is 16.6 Å². The van der Waals surface area contributed by atoms with Crippen molar-refractivity contribution in [1.29, 1.82) is 0 Å². The van der Waals surface area contributed by atoms with Gasteiger partial charge in [-0.2, -0.15) is 0 Å². The molecule has 0 aromatic carbocycles. The second-order valence-corrected chi connectivity index (χ2v) is 6.93. The number of nitrogens with one attached hydrogen (secondary N) is 1. The number of carbonyl (C=O) groups excluding carboxylic acids is 2. The number of esters is 1. The van der Waals surface area contributed by atoms with Crippen LogP contribution in [-0.4, -0.2) is 35.7 Å². The molecule has 0 saturated carbocycles. The number of aryl methyl sites for hydroxylation is 1. The molecule has 0 unspecified atom stereocenters.